The van der Waals surface area contributed by atoms with Crippen LogP contribution in [0.25, 0.3) is 0 Å². The van der Waals surface area contributed by atoms with Crippen molar-refractivity contribution in [3.8, 4) is 0 Å². The van der Waals surface area contributed by atoms with Crippen LogP contribution in [0.15, 0.2) is 18.2 Å². The van der Waals surface area contributed by atoms with Gasteiger partial charge in [0.05, 0.1) is 5.92 Å². The Morgan fingerprint density at radius 3 is 2.45 bits per heavy atom. The van der Waals surface area contributed by atoms with Crippen molar-refractivity contribution in [1.82, 2.24) is 4.90 Å². The number of nitrogens with zero attached hydrogens (tertiary/aromatic N) is 2. The molecule has 4 heteroatoms. The summed E-state index contributed by atoms with van der Waals surface area (Å²) in [6.45, 7) is 8.21. The van der Waals surface area contributed by atoms with Crippen LogP contribution in [0.1, 0.15) is 18.1 Å². The lowest BCUT2D eigenvalue weighted by Gasteiger charge is -2.30. The summed E-state index contributed by atoms with van der Waals surface area (Å²) in [6, 6.07) is 6.20. The van der Waals surface area contributed by atoms with Crippen LogP contribution in [0.5, 0.6) is 0 Å². The van der Waals surface area contributed by atoms with Crippen molar-refractivity contribution in [1.29, 1.82) is 0 Å². The summed E-state index contributed by atoms with van der Waals surface area (Å²) in [5.74, 6) is -1.12. The Bertz CT molecular complexity index is 458. The van der Waals surface area contributed by atoms with Crippen LogP contribution in [-0.4, -0.2) is 49.7 Å². The standard InChI is InChI=1S/C16H26N2O2/c1-12-7-6-8-15(14(12)3)18(10-9-17(4)5)11-13(2)16(19)20/h6-8,13H,9-11H2,1-5H3,(H,19,20). The van der Waals surface area contributed by atoms with Crippen molar-refractivity contribution in [2.75, 3.05) is 38.6 Å². The van der Waals surface area contributed by atoms with E-state index >= 15 is 0 Å². The number of hydrogen-bond donors (Lipinski definition) is 1. The van der Waals surface area contributed by atoms with Crippen LogP contribution in [-0.2, 0) is 4.79 Å². The lowest BCUT2D eigenvalue weighted by Crippen LogP contribution is -2.37. The van der Waals surface area contributed by atoms with Gasteiger partial charge in [0.2, 0.25) is 0 Å². The van der Waals surface area contributed by atoms with Gasteiger partial charge in [0.15, 0.2) is 0 Å². The molecule has 1 atom stereocenters. The molecule has 0 aromatic heterocycles. The van der Waals surface area contributed by atoms with Gasteiger partial charge in [-0.05, 0) is 45.1 Å². The van der Waals surface area contributed by atoms with Gasteiger partial charge < -0.3 is 14.9 Å². The average Bonchev–Trinajstić information content (AvgIpc) is 2.37. The zero-order valence-corrected chi connectivity index (χ0v) is 13.2. The Balaban J connectivity index is 2.96. The molecule has 0 saturated carbocycles. The van der Waals surface area contributed by atoms with E-state index < -0.39 is 5.97 Å². The number of rotatable bonds is 7. The summed E-state index contributed by atoms with van der Waals surface area (Å²) in [5, 5.41) is 9.14. The van der Waals surface area contributed by atoms with Gasteiger partial charge in [-0.3, -0.25) is 4.79 Å². The largest absolute Gasteiger partial charge is 0.481 e. The Morgan fingerprint density at radius 1 is 1.25 bits per heavy atom. The number of aliphatic carboxylic acids is 1. The highest BCUT2D eigenvalue weighted by Crippen LogP contribution is 2.23. The molecule has 0 aliphatic heterocycles. The van der Waals surface area contributed by atoms with Gasteiger partial charge in [-0.1, -0.05) is 19.1 Å². The second-order valence-electron chi connectivity index (χ2n) is 5.71. The minimum Gasteiger partial charge on any atom is -0.481 e. The number of benzene rings is 1. The van der Waals surface area contributed by atoms with Crippen LogP contribution in [0, 0.1) is 19.8 Å². The number of aryl methyl sites for hydroxylation is 1. The number of carboxylic acids is 1. The van der Waals surface area contributed by atoms with Crippen LogP contribution >= 0.6 is 0 Å². The molecule has 1 aromatic carbocycles. The molecular formula is C16H26N2O2. The molecule has 0 radical (unpaired) electrons. The van der Waals surface area contributed by atoms with Gasteiger partial charge >= 0.3 is 5.97 Å². The second kappa shape index (κ2) is 7.29. The molecule has 0 bridgehead atoms. The summed E-state index contributed by atoms with van der Waals surface area (Å²) in [5.41, 5.74) is 3.60. The van der Waals surface area contributed by atoms with Gasteiger partial charge in [-0.25, -0.2) is 0 Å². The van der Waals surface area contributed by atoms with Crippen LogP contribution < -0.4 is 4.90 Å². The first-order valence-electron chi connectivity index (χ1n) is 7.01. The zero-order chi connectivity index (χ0) is 15.3. The molecule has 0 amide bonds. The van der Waals surface area contributed by atoms with E-state index in [2.05, 4.69) is 35.8 Å². The summed E-state index contributed by atoms with van der Waals surface area (Å²) in [7, 11) is 4.06. The minimum absolute atomic E-state index is 0.378. The van der Waals surface area contributed by atoms with Crippen LogP contribution in [0.4, 0.5) is 5.69 Å². The van der Waals surface area contributed by atoms with Crippen molar-refractivity contribution in [2.24, 2.45) is 5.92 Å². The van der Waals surface area contributed by atoms with E-state index in [1.807, 2.05) is 20.2 Å². The maximum absolute atomic E-state index is 11.1. The zero-order valence-electron chi connectivity index (χ0n) is 13.2. The van der Waals surface area contributed by atoms with Crippen molar-refractivity contribution < 1.29 is 9.90 Å². The topological polar surface area (TPSA) is 43.8 Å². The van der Waals surface area contributed by atoms with Crippen LogP contribution in [0.3, 0.4) is 0 Å². The fraction of sp³-hybridized carbons (Fsp3) is 0.562. The van der Waals surface area contributed by atoms with E-state index in [0.29, 0.717) is 6.54 Å². The lowest BCUT2D eigenvalue weighted by atomic mass is 10.1. The maximum Gasteiger partial charge on any atom is 0.308 e. The molecule has 1 aromatic rings. The van der Waals surface area contributed by atoms with Gasteiger partial charge in [0.1, 0.15) is 0 Å². The number of hydrogen-bond acceptors (Lipinski definition) is 3. The fourth-order valence-corrected chi connectivity index (χ4v) is 2.12. The highest BCUT2D eigenvalue weighted by molar-refractivity contribution is 5.70. The van der Waals surface area contributed by atoms with Crippen molar-refractivity contribution in [2.45, 2.75) is 20.8 Å². The Kier molecular flexibility index (Phi) is 6.02. The predicted molar refractivity (Wildman–Crippen MR) is 83.5 cm³/mol. The summed E-state index contributed by atoms with van der Waals surface area (Å²) >= 11 is 0. The van der Waals surface area contributed by atoms with Gasteiger partial charge in [-0.15, -0.1) is 0 Å². The molecule has 0 heterocycles. The molecule has 1 unspecified atom stereocenters. The molecule has 0 aliphatic rings. The van der Waals surface area contributed by atoms with Crippen molar-refractivity contribution in [3.63, 3.8) is 0 Å². The Hall–Kier alpha value is -1.55. The molecular weight excluding hydrogens is 252 g/mol. The van der Waals surface area contributed by atoms with E-state index in [4.69, 9.17) is 5.11 Å². The van der Waals surface area contributed by atoms with E-state index in [9.17, 15) is 4.79 Å². The van der Waals surface area contributed by atoms with Gasteiger partial charge in [0, 0.05) is 25.3 Å². The highest BCUT2D eigenvalue weighted by Gasteiger charge is 2.18. The quantitative estimate of drug-likeness (QED) is 0.832. The number of likely N-dealkylation sites (N-methyl/N-ethyl adjacent to an activating group) is 1. The van der Waals surface area contributed by atoms with E-state index in [0.717, 1.165) is 18.8 Å². The molecule has 1 rings (SSSR count). The Morgan fingerprint density at radius 2 is 1.90 bits per heavy atom. The van der Waals surface area contributed by atoms with Crippen molar-refractivity contribution in [3.05, 3.63) is 29.3 Å². The predicted octanol–water partition coefficient (Wildman–Crippen LogP) is 2.39. The number of carboxylic acid groups (broad SMARTS) is 1. The van der Waals surface area contributed by atoms with Gasteiger partial charge in [0.25, 0.3) is 0 Å². The van der Waals surface area contributed by atoms with Crippen LogP contribution in [0.2, 0.25) is 0 Å². The number of anilines is 1. The van der Waals surface area contributed by atoms with E-state index in [-0.39, 0.29) is 5.92 Å². The second-order valence-corrected chi connectivity index (χ2v) is 5.71. The molecule has 112 valence electrons. The molecule has 20 heavy (non-hydrogen) atoms. The molecule has 1 N–H and O–H groups in total. The monoisotopic (exact) mass is 278 g/mol. The smallest absolute Gasteiger partial charge is 0.308 e. The molecule has 0 fully saturated rings. The average molecular weight is 278 g/mol. The first kappa shape index (κ1) is 16.5. The van der Waals surface area contributed by atoms with Gasteiger partial charge in [-0.2, -0.15) is 0 Å². The summed E-state index contributed by atoms with van der Waals surface area (Å²) < 4.78 is 0. The SMILES string of the molecule is Cc1cccc(N(CCN(C)C)CC(C)C(=O)O)c1C. The maximum atomic E-state index is 11.1. The summed E-state index contributed by atoms with van der Waals surface area (Å²) in [6.07, 6.45) is 0. The van der Waals surface area contributed by atoms with Crippen molar-refractivity contribution >= 4 is 11.7 Å². The lowest BCUT2D eigenvalue weighted by molar-refractivity contribution is -0.140. The molecule has 0 aliphatic carbocycles. The first-order chi connectivity index (χ1) is 9.32. The Labute approximate surface area is 122 Å². The molecule has 0 spiro atoms. The fourth-order valence-electron chi connectivity index (χ4n) is 2.12. The third kappa shape index (κ3) is 4.53. The first-order valence-corrected chi connectivity index (χ1v) is 7.01. The third-order valence-corrected chi connectivity index (χ3v) is 3.65. The molecule has 0 saturated heterocycles. The summed E-state index contributed by atoms with van der Waals surface area (Å²) in [4.78, 5) is 15.4. The number of carbonyl (C=O) groups is 1. The normalized spacial score (nSPS) is 12.5. The third-order valence-electron chi connectivity index (χ3n) is 3.65. The molecule has 4 nitrogen and oxygen atoms in total. The highest BCUT2D eigenvalue weighted by atomic mass is 16.4. The van der Waals surface area contributed by atoms with E-state index in [1.54, 1.807) is 6.92 Å². The van der Waals surface area contributed by atoms with E-state index in [1.165, 1.54) is 11.1 Å². The minimum atomic E-state index is -0.745.